The lowest BCUT2D eigenvalue weighted by Crippen LogP contribution is -2.06. The Hall–Kier alpha value is -1.14. The van der Waals surface area contributed by atoms with Gasteiger partial charge in [0, 0.05) is 18.5 Å². The predicted octanol–water partition coefficient (Wildman–Crippen LogP) is 2.17. The van der Waals surface area contributed by atoms with Crippen LogP contribution in [0.3, 0.4) is 0 Å². The number of hydrogen-bond acceptors (Lipinski definition) is 3. The molecule has 3 heteroatoms. The van der Waals surface area contributed by atoms with Gasteiger partial charge in [0.25, 0.3) is 0 Å². The third-order valence-electron chi connectivity index (χ3n) is 1.73. The number of pyridine rings is 1. The van der Waals surface area contributed by atoms with Gasteiger partial charge in [-0.05, 0) is 18.6 Å². The van der Waals surface area contributed by atoms with Crippen LogP contribution in [-0.4, -0.2) is 23.0 Å². The zero-order valence-corrected chi connectivity index (χ0v) is 9.10. The monoisotopic (exact) mass is 206 g/mol. The Balaban J connectivity index is 2.25. The van der Waals surface area contributed by atoms with Crippen molar-refractivity contribution in [2.75, 3.05) is 23.4 Å². The molecule has 0 aromatic carbocycles. The van der Waals surface area contributed by atoms with Gasteiger partial charge in [-0.2, -0.15) is 0 Å². The van der Waals surface area contributed by atoms with Crippen LogP contribution in [0.25, 0.3) is 0 Å². The lowest BCUT2D eigenvalue weighted by Gasteiger charge is -2.06. The summed E-state index contributed by atoms with van der Waals surface area (Å²) in [7, 11) is 0. The van der Waals surface area contributed by atoms with Crippen LogP contribution in [0, 0.1) is 19.3 Å². The van der Waals surface area contributed by atoms with Crippen LogP contribution in [-0.2, 0) is 0 Å². The first-order valence-electron chi connectivity index (χ1n) is 4.51. The van der Waals surface area contributed by atoms with Gasteiger partial charge in [0.2, 0.25) is 0 Å². The minimum absolute atomic E-state index is 0.781. The Morgan fingerprint density at radius 3 is 3.21 bits per heavy atom. The molecule has 0 aliphatic heterocycles. The van der Waals surface area contributed by atoms with E-state index in [0.717, 1.165) is 23.9 Å². The molecule has 0 amide bonds. The van der Waals surface area contributed by atoms with Crippen LogP contribution in [0.15, 0.2) is 18.3 Å². The second kappa shape index (κ2) is 6.33. The SMILES string of the molecule is C#CCSCCNc1ncccc1C. The third-order valence-corrected chi connectivity index (χ3v) is 2.60. The molecular weight excluding hydrogens is 192 g/mol. The highest BCUT2D eigenvalue weighted by atomic mass is 32.2. The summed E-state index contributed by atoms with van der Waals surface area (Å²) >= 11 is 1.75. The normalized spacial score (nSPS) is 9.43. The molecular formula is C11H14N2S. The number of hydrogen-bond donors (Lipinski definition) is 1. The van der Waals surface area contributed by atoms with Crippen molar-refractivity contribution in [2.24, 2.45) is 0 Å². The molecule has 0 radical (unpaired) electrons. The zero-order valence-electron chi connectivity index (χ0n) is 8.29. The number of anilines is 1. The Morgan fingerprint density at radius 2 is 2.50 bits per heavy atom. The smallest absolute Gasteiger partial charge is 0.128 e. The third kappa shape index (κ3) is 3.71. The van der Waals surface area contributed by atoms with Crippen LogP contribution in [0.5, 0.6) is 0 Å². The van der Waals surface area contributed by atoms with Crippen molar-refractivity contribution in [3.63, 3.8) is 0 Å². The molecule has 1 N–H and O–H groups in total. The fourth-order valence-electron chi connectivity index (χ4n) is 1.04. The number of thioether (sulfide) groups is 1. The molecule has 0 fully saturated rings. The molecule has 0 saturated heterocycles. The Labute approximate surface area is 89.5 Å². The number of terminal acetylenes is 1. The van der Waals surface area contributed by atoms with E-state index < -0.39 is 0 Å². The summed E-state index contributed by atoms with van der Waals surface area (Å²) in [5.41, 5.74) is 1.18. The molecule has 14 heavy (non-hydrogen) atoms. The Bertz CT molecular complexity index is 317. The molecule has 2 nitrogen and oxygen atoms in total. The predicted molar refractivity (Wildman–Crippen MR) is 63.6 cm³/mol. The summed E-state index contributed by atoms with van der Waals surface area (Å²) in [5.74, 6) is 5.36. The van der Waals surface area contributed by atoms with Crippen molar-refractivity contribution in [2.45, 2.75) is 6.92 Å². The van der Waals surface area contributed by atoms with Crippen LogP contribution in [0.1, 0.15) is 5.56 Å². The number of aryl methyl sites for hydroxylation is 1. The molecule has 0 atom stereocenters. The van der Waals surface area contributed by atoms with Crippen molar-refractivity contribution in [3.8, 4) is 12.3 Å². The van der Waals surface area contributed by atoms with Crippen molar-refractivity contribution < 1.29 is 0 Å². The van der Waals surface area contributed by atoms with E-state index >= 15 is 0 Å². The first kappa shape index (κ1) is 10.9. The summed E-state index contributed by atoms with van der Waals surface area (Å²) < 4.78 is 0. The molecule has 0 unspecified atom stereocenters. The van der Waals surface area contributed by atoms with Crippen LogP contribution in [0.2, 0.25) is 0 Å². The zero-order chi connectivity index (χ0) is 10.2. The standard InChI is InChI=1S/C11H14N2S/c1-3-8-14-9-7-13-11-10(2)5-4-6-12-11/h1,4-6H,7-9H2,2H3,(H,12,13). The lowest BCUT2D eigenvalue weighted by atomic mass is 10.3. The fourth-order valence-corrected chi connectivity index (χ4v) is 1.55. The highest BCUT2D eigenvalue weighted by Gasteiger charge is 1.95. The van der Waals surface area contributed by atoms with E-state index in [1.165, 1.54) is 5.56 Å². The summed E-state index contributed by atoms with van der Waals surface area (Å²) in [6.45, 7) is 2.95. The molecule has 74 valence electrons. The summed E-state index contributed by atoms with van der Waals surface area (Å²) in [6.07, 6.45) is 6.94. The molecule has 1 aromatic rings. The topological polar surface area (TPSA) is 24.9 Å². The van der Waals surface area contributed by atoms with Crippen LogP contribution >= 0.6 is 11.8 Å². The molecule has 1 heterocycles. The van der Waals surface area contributed by atoms with Gasteiger partial charge in [-0.3, -0.25) is 0 Å². The average Bonchev–Trinajstić information content (AvgIpc) is 2.20. The molecule has 1 rings (SSSR count). The first-order valence-corrected chi connectivity index (χ1v) is 5.66. The fraction of sp³-hybridized carbons (Fsp3) is 0.364. The maximum absolute atomic E-state index is 5.14. The number of nitrogens with zero attached hydrogens (tertiary/aromatic N) is 1. The van der Waals surface area contributed by atoms with E-state index in [1.807, 2.05) is 19.1 Å². The molecule has 0 spiro atoms. The second-order valence-electron chi connectivity index (χ2n) is 2.85. The highest BCUT2D eigenvalue weighted by molar-refractivity contribution is 7.99. The van der Waals surface area contributed by atoms with Crippen molar-refractivity contribution in [1.82, 2.24) is 4.98 Å². The Morgan fingerprint density at radius 1 is 1.64 bits per heavy atom. The van der Waals surface area contributed by atoms with Gasteiger partial charge in [0.15, 0.2) is 0 Å². The van der Waals surface area contributed by atoms with E-state index in [1.54, 1.807) is 18.0 Å². The summed E-state index contributed by atoms with van der Waals surface area (Å²) in [6, 6.07) is 3.98. The molecule has 0 aliphatic carbocycles. The maximum Gasteiger partial charge on any atom is 0.128 e. The number of aromatic nitrogens is 1. The molecule has 0 bridgehead atoms. The molecule has 0 saturated carbocycles. The van der Waals surface area contributed by atoms with Crippen molar-refractivity contribution >= 4 is 17.6 Å². The van der Waals surface area contributed by atoms with Gasteiger partial charge >= 0.3 is 0 Å². The van der Waals surface area contributed by atoms with Gasteiger partial charge in [-0.1, -0.05) is 12.0 Å². The van der Waals surface area contributed by atoms with Crippen molar-refractivity contribution in [1.29, 1.82) is 0 Å². The number of rotatable bonds is 5. The van der Waals surface area contributed by atoms with Gasteiger partial charge in [-0.25, -0.2) is 4.98 Å². The van der Waals surface area contributed by atoms with E-state index in [0.29, 0.717) is 0 Å². The maximum atomic E-state index is 5.14. The quantitative estimate of drug-likeness (QED) is 0.590. The van der Waals surface area contributed by atoms with Gasteiger partial charge in [0.05, 0.1) is 5.75 Å². The average molecular weight is 206 g/mol. The highest BCUT2D eigenvalue weighted by Crippen LogP contribution is 2.09. The van der Waals surface area contributed by atoms with Crippen LogP contribution < -0.4 is 5.32 Å². The summed E-state index contributed by atoms with van der Waals surface area (Å²) in [4.78, 5) is 4.24. The lowest BCUT2D eigenvalue weighted by molar-refractivity contribution is 1.15. The minimum Gasteiger partial charge on any atom is -0.369 e. The Kier molecular flexibility index (Phi) is 4.95. The van der Waals surface area contributed by atoms with Gasteiger partial charge in [0.1, 0.15) is 5.82 Å². The van der Waals surface area contributed by atoms with Crippen molar-refractivity contribution in [3.05, 3.63) is 23.9 Å². The molecule has 0 aliphatic rings. The van der Waals surface area contributed by atoms with E-state index in [-0.39, 0.29) is 0 Å². The second-order valence-corrected chi connectivity index (χ2v) is 3.96. The summed E-state index contributed by atoms with van der Waals surface area (Å²) in [5, 5.41) is 3.27. The largest absolute Gasteiger partial charge is 0.369 e. The van der Waals surface area contributed by atoms with Gasteiger partial charge in [-0.15, -0.1) is 18.2 Å². The van der Waals surface area contributed by atoms with E-state index in [2.05, 4.69) is 16.2 Å². The first-order chi connectivity index (χ1) is 6.84. The minimum atomic E-state index is 0.781. The van der Waals surface area contributed by atoms with E-state index in [9.17, 15) is 0 Å². The van der Waals surface area contributed by atoms with E-state index in [4.69, 9.17) is 6.42 Å². The number of nitrogens with one attached hydrogen (secondary N) is 1. The van der Waals surface area contributed by atoms with Gasteiger partial charge < -0.3 is 5.32 Å². The molecule has 1 aromatic heterocycles. The van der Waals surface area contributed by atoms with Crippen LogP contribution in [0.4, 0.5) is 5.82 Å².